The van der Waals surface area contributed by atoms with Crippen molar-refractivity contribution in [3.8, 4) is 0 Å². The molecule has 1 aliphatic heterocycles. The Kier molecular flexibility index (Phi) is 4.75. The van der Waals surface area contributed by atoms with Gasteiger partial charge in [-0.2, -0.15) is 5.10 Å². The minimum atomic E-state index is 0.0868. The molecule has 1 fully saturated rings. The summed E-state index contributed by atoms with van der Waals surface area (Å²) in [5, 5.41) is 7.08. The van der Waals surface area contributed by atoms with Gasteiger partial charge in [-0.3, -0.25) is 14.4 Å². The van der Waals surface area contributed by atoms with Crippen LogP contribution in [0.4, 0.5) is 0 Å². The summed E-state index contributed by atoms with van der Waals surface area (Å²) < 4.78 is 2.00. The lowest BCUT2D eigenvalue weighted by Gasteiger charge is -2.32. The monoisotopic (exact) mass is 387 g/mol. The van der Waals surface area contributed by atoms with Crippen LogP contribution in [0.5, 0.6) is 0 Å². The van der Waals surface area contributed by atoms with Crippen LogP contribution in [-0.4, -0.2) is 33.6 Å². The smallest absolute Gasteiger partial charge is 0.167 e. The molecule has 4 nitrogen and oxygen atoms in total. The van der Waals surface area contributed by atoms with E-state index in [0.717, 1.165) is 63.1 Å². The molecule has 0 bridgehead atoms. The third-order valence-electron chi connectivity index (χ3n) is 6.78. The van der Waals surface area contributed by atoms with Crippen LogP contribution in [0, 0.1) is 12.8 Å². The van der Waals surface area contributed by atoms with E-state index in [4.69, 9.17) is 0 Å². The van der Waals surface area contributed by atoms with Crippen LogP contribution in [0.2, 0.25) is 0 Å². The summed E-state index contributed by atoms with van der Waals surface area (Å²) >= 11 is 0. The zero-order chi connectivity index (χ0) is 20.0. The van der Waals surface area contributed by atoms with Crippen molar-refractivity contribution in [3.63, 3.8) is 0 Å². The summed E-state index contributed by atoms with van der Waals surface area (Å²) in [5.41, 5.74) is 6.12. The van der Waals surface area contributed by atoms with Crippen molar-refractivity contribution < 1.29 is 4.79 Å². The number of likely N-dealkylation sites (tertiary alicyclic amines) is 1. The number of benzene rings is 2. The lowest BCUT2D eigenvalue weighted by molar-refractivity contribution is 0.0813. The molecule has 150 valence electrons. The molecule has 0 unspecified atom stereocenters. The van der Waals surface area contributed by atoms with Crippen LogP contribution in [0.15, 0.2) is 36.5 Å². The average molecular weight is 388 g/mol. The first-order valence-corrected chi connectivity index (χ1v) is 11.0. The second-order valence-electron chi connectivity index (χ2n) is 8.65. The van der Waals surface area contributed by atoms with Gasteiger partial charge in [-0.1, -0.05) is 30.3 Å². The Labute approximate surface area is 172 Å². The maximum Gasteiger partial charge on any atom is 0.167 e. The predicted octanol–water partition coefficient (Wildman–Crippen LogP) is 4.56. The molecule has 1 saturated heterocycles. The van der Waals surface area contributed by atoms with E-state index in [1.807, 2.05) is 4.68 Å². The number of carbonyl (C=O) groups is 1. The largest absolute Gasteiger partial charge is 0.298 e. The normalized spacial score (nSPS) is 19.2. The summed E-state index contributed by atoms with van der Waals surface area (Å²) in [6, 6.07) is 10.8. The van der Waals surface area contributed by atoms with E-state index < -0.39 is 0 Å². The Hall–Kier alpha value is -2.46. The SMILES string of the molecule is CCn1cc(CN2CCC[C@@H](C(=O)c3ccc4c5c(cccc35)CC4)C2)c(C)n1. The third kappa shape index (κ3) is 3.29. The van der Waals surface area contributed by atoms with Crippen molar-refractivity contribution in [2.75, 3.05) is 13.1 Å². The molecule has 1 aromatic heterocycles. The first-order valence-electron chi connectivity index (χ1n) is 11.0. The number of aromatic nitrogens is 2. The van der Waals surface area contributed by atoms with Crippen LogP contribution in [0.1, 0.15) is 52.5 Å². The second kappa shape index (κ2) is 7.42. The molecule has 1 aliphatic carbocycles. The molecule has 29 heavy (non-hydrogen) atoms. The standard InChI is InChI=1S/C25H29N3O/c1-3-28-16-21(17(2)26-28)15-27-13-5-7-20(14-27)25(29)23-12-11-19-10-9-18-6-4-8-22(23)24(18)19/h4,6,8,11-12,16,20H,3,5,7,9-10,13-15H2,1-2H3/t20-/m1/s1. The highest BCUT2D eigenvalue weighted by atomic mass is 16.1. The van der Waals surface area contributed by atoms with Gasteiger partial charge >= 0.3 is 0 Å². The van der Waals surface area contributed by atoms with Crippen molar-refractivity contribution >= 4 is 16.6 Å². The van der Waals surface area contributed by atoms with Crippen LogP contribution in [0.25, 0.3) is 10.8 Å². The van der Waals surface area contributed by atoms with Crippen LogP contribution in [0.3, 0.4) is 0 Å². The quantitative estimate of drug-likeness (QED) is 0.603. The number of carbonyl (C=O) groups excluding carboxylic acids is 1. The Morgan fingerprint density at radius 1 is 1.17 bits per heavy atom. The van der Waals surface area contributed by atoms with Gasteiger partial charge in [0.2, 0.25) is 0 Å². The van der Waals surface area contributed by atoms with E-state index in [-0.39, 0.29) is 5.92 Å². The number of nitrogens with zero attached hydrogens (tertiary/aromatic N) is 3. The molecule has 2 heterocycles. The first-order chi connectivity index (χ1) is 14.1. The summed E-state index contributed by atoms with van der Waals surface area (Å²) in [7, 11) is 0. The van der Waals surface area contributed by atoms with Gasteiger partial charge < -0.3 is 0 Å². The average Bonchev–Trinajstić information content (AvgIpc) is 3.33. The van der Waals surface area contributed by atoms with E-state index in [9.17, 15) is 4.79 Å². The Balaban J connectivity index is 1.38. The van der Waals surface area contributed by atoms with Crippen molar-refractivity contribution in [2.24, 2.45) is 5.92 Å². The number of piperidine rings is 1. The molecule has 0 amide bonds. The molecule has 0 spiro atoms. The highest BCUT2D eigenvalue weighted by molar-refractivity contribution is 6.11. The van der Waals surface area contributed by atoms with E-state index in [2.05, 4.69) is 60.4 Å². The van der Waals surface area contributed by atoms with Gasteiger partial charge in [0.1, 0.15) is 0 Å². The Morgan fingerprint density at radius 3 is 2.79 bits per heavy atom. The van der Waals surface area contributed by atoms with E-state index in [1.54, 1.807) is 0 Å². The summed E-state index contributed by atoms with van der Waals surface area (Å²) in [4.78, 5) is 16.0. The van der Waals surface area contributed by atoms with Crippen LogP contribution in [-0.2, 0) is 25.9 Å². The molecule has 3 aromatic rings. The van der Waals surface area contributed by atoms with Gasteiger partial charge in [-0.15, -0.1) is 0 Å². The third-order valence-corrected chi connectivity index (χ3v) is 6.78. The molecule has 1 atom stereocenters. The van der Waals surface area contributed by atoms with E-state index >= 15 is 0 Å². The van der Waals surface area contributed by atoms with Crippen LogP contribution >= 0.6 is 0 Å². The number of ketones is 1. The lowest BCUT2D eigenvalue weighted by Crippen LogP contribution is -2.38. The van der Waals surface area contributed by atoms with Crippen LogP contribution < -0.4 is 0 Å². The topological polar surface area (TPSA) is 38.1 Å². The predicted molar refractivity (Wildman–Crippen MR) is 116 cm³/mol. The highest BCUT2D eigenvalue weighted by Crippen LogP contribution is 2.34. The van der Waals surface area contributed by atoms with Gasteiger partial charge in [-0.25, -0.2) is 0 Å². The fourth-order valence-electron chi connectivity index (χ4n) is 5.21. The maximum absolute atomic E-state index is 13.5. The van der Waals surface area contributed by atoms with E-state index in [0.29, 0.717) is 5.78 Å². The van der Waals surface area contributed by atoms with Crippen molar-refractivity contribution in [1.82, 2.24) is 14.7 Å². The summed E-state index contributed by atoms with van der Waals surface area (Å²) in [5.74, 6) is 0.412. The molecular weight excluding hydrogens is 358 g/mol. The van der Waals surface area contributed by atoms with Gasteiger partial charge in [0, 0.05) is 42.9 Å². The van der Waals surface area contributed by atoms with Crippen molar-refractivity contribution in [2.45, 2.75) is 52.6 Å². The maximum atomic E-state index is 13.5. The van der Waals surface area contributed by atoms with Crippen molar-refractivity contribution in [1.29, 1.82) is 0 Å². The molecule has 4 heteroatoms. The molecule has 0 N–H and O–H groups in total. The minimum Gasteiger partial charge on any atom is -0.298 e. The van der Waals surface area contributed by atoms with Gasteiger partial charge in [0.25, 0.3) is 0 Å². The number of hydrogen-bond donors (Lipinski definition) is 0. The number of aryl methyl sites for hydroxylation is 4. The fraction of sp³-hybridized carbons (Fsp3) is 0.440. The summed E-state index contributed by atoms with van der Waals surface area (Å²) in [6.45, 7) is 7.89. The number of hydrogen-bond acceptors (Lipinski definition) is 3. The molecule has 0 radical (unpaired) electrons. The molecule has 2 aromatic carbocycles. The minimum absolute atomic E-state index is 0.0868. The van der Waals surface area contributed by atoms with Gasteiger partial charge in [-0.05, 0) is 68.0 Å². The van der Waals surface area contributed by atoms with Gasteiger partial charge in [0.05, 0.1) is 5.69 Å². The first kappa shape index (κ1) is 18.6. The zero-order valence-corrected chi connectivity index (χ0v) is 17.4. The summed E-state index contributed by atoms with van der Waals surface area (Å²) in [6.07, 6.45) is 6.44. The molecule has 2 aliphatic rings. The fourth-order valence-corrected chi connectivity index (χ4v) is 5.21. The second-order valence-corrected chi connectivity index (χ2v) is 8.65. The molecule has 0 saturated carbocycles. The van der Waals surface area contributed by atoms with Crippen molar-refractivity contribution in [3.05, 3.63) is 64.5 Å². The Morgan fingerprint density at radius 2 is 2.00 bits per heavy atom. The highest BCUT2D eigenvalue weighted by Gasteiger charge is 2.29. The number of Topliss-reactive ketones (excluding diaryl/α,β-unsaturated/α-hetero) is 1. The zero-order valence-electron chi connectivity index (χ0n) is 17.4. The molecular formula is C25H29N3O. The van der Waals surface area contributed by atoms with Gasteiger partial charge in [0.15, 0.2) is 5.78 Å². The number of rotatable bonds is 5. The van der Waals surface area contributed by atoms with E-state index in [1.165, 1.54) is 27.5 Å². The Bertz CT molecular complexity index is 1070. The molecule has 5 rings (SSSR count). The lowest BCUT2D eigenvalue weighted by atomic mass is 9.87.